The van der Waals surface area contributed by atoms with Gasteiger partial charge in [0.05, 0.1) is 0 Å². The molecule has 164 valence electrons. The molecule has 2 heterocycles. The minimum atomic E-state index is -0.519. The molecule has 0 saturated carbocycles. The second-order valence-electron chi connectivity index (χ2n) is 7.69. The fourth-order valence-corrected chi connectivity index (χ4v) is 3.88. The van der Waals surface area contributed by atoms with Crippen LogP contribution in [0.2, 0.25) is 0 Å². The molecule has 0 fully saturated rings. The highest BCUT2D eigenvalue weighted by Crippen LogP contribution is 2.31. The molecule has 2 N–H and O–H groups in total. The fourth-order valence-electron chi connectivity index (χ4n) is 3.88. The molecule has 1 unspecified atom stereocenters. The standard InChI is InChI=1S/C24H24FN5O2/c1-16-14-18-4-2-3-5-20(18)30(16)13-12-28-23(31)21-22(27-11-10-26-21)24(32)29-15-17-6-8-19(25)9-7-17/h2-11,16H,12-15H2,1H3,(H,28,31)(H,29,32). The number of anilines is 1. The summed E-state index contributed by atoms with van der Waals surface area (Å²) in [5, 5.41) is 5.54. The molecule has 7 nitrogen and oxygen atoms in total. The molecule has 0 spiro atoms. The van der Waals surface area contributed by atoms with Crippen LogP contribution in [-0.2, 0) is 13.0 Å². The molecule has 8 heteroatoms. The van der Waals surface area contributed by atoms with Crippen molar-refractivity contribution >= 4 is 17.5 Å². The van der Waals surface area contributed by atoms with E-state index in [9.17, 15) is 14.0 Å². The first-order valence-electron chi connectivity index (χ1n) is 10.5. The number of benzene rings is 2. The fraction of sp³-hybridized carbons (Fsp3) is 0.250. The third kappa shape index (κ3) is 4.74. The van der Waals surface area contributed by atoms with E-state index in [0.29, 0.717) is 19.1 Å². The minimum Gasteiger partial charge on any atom is -0.367 e. The number of amides is 2. The molecule has 2 aromatic carbocycles. The predicted molar refractivity (Wildman–Crippen MR) is 119 cm³/mol. The summed E-state index contributed by atoms with van der Waals surface area (Å²) in [4.78, 5) is 35.7. The lowest BCUT2D eigenvalue weighted by atomic mass is 10.1. The summed E-state index contributed by atoms with van der Waals surface area (Å²) in [6.07, 6.45) is 3.73. The summed E-state index contributed by atoms with van der Waals surface area (Å²) in [6.45, 7) is 3.40. The monoisotopic (exact) mass is 433 g/mol. The Bertz CT molecular complexity index is 1120. The van der Waals surface area contributed by atoms with Gasteiger partial charge in [-0.2, -0.15) is 0 Å². The first-order valence-corrected chi connectivity index (χ1v) is 10.5. The molecule has 1 atom stereocenters. The summed E-state index contributed by atoms with van der Waals surface area (Å²) in [5.74, 6) is -1.32. The van der Waals surface area contributed by atoms with Crippen molar-refractivity contribution in [3.05, 3.63) is 89.3 Å². The summed E-state index contributed by atoms with van der Waals surface area (Å²) in [7, 11) is 0. The van der Waals surface area contributed by atoms with Crippen LogP contribution in [0.15, 0.2) is 60.9 Å². The molecular weight excluding hydrogens is 409 g/mol. The maximum absolute atomic E-state index is 13.0. The van der Waals surface area contributed by atoms with Gasteiger partial charge in [0, 0.05) is 43.8 Å². The molecule has 2 amide bonds. The summed E-state index contributed by atoms with van der Waals surface area (Å²) in [5.41, 5.74) is 3.15. The lowest BCUT2D eigenvalue weighted by molar-refractivity contribution is 0.0910. The van der Waals surface area contributed by atoms with Crippen LogP contribution < -0.4 is 15.5 Å². The van der Waals surface area contributed by atoms with Crippen LogP contribution >= 0.6 is 0 Å². The molecule has 0 bridgehead atoms. The third-order valence-corrected chi connectivity index (χ3v) is 5.48. The van der Waals surface area contributed by atoms with Gasteiger partial charge in [0.15, 0.2) is 11.4 Å². The Labute approximate surface area is 185 Å². The van der Waals surface area contributed by atoms with Crippen molar-refractivity contribution in [2.45, 2.75) is 25.9 Å². The van der Waals surface area contributed by atoms with E-state index in [0.717, 1.165) is 12.0 Å². The number of nitrogens with zero attached hydrogens (tertiary/aromatic N) is 3. The Kier molecular flexibility index (Phi) is 6.39. The number of hydrogen-bond acceptors (Lipinski definition) is 5. The van der Waals surface area contributed by atoms with Crippen LogP contribution in [0.5, 0.6) is 0 Å². The molecule has 0 radical (unpaired) electrons. The van der Waals surface area contributed by atoms with Crippen molar-refractivity contribution in [3.63, 3.8) is 0 Å². The lowest BCUT2D eigenvalue weighted by Gasteiger charge is -2.25. The van der Waals surface area contributed by atoms with Gasteiger partial charge in [0.2, 0.25) is 0 Å². The molecule has 1 aliphatic heterocycles. The Balaban J connectivity index is 1.36. The zero-order valence-electron chi connectivity index (χ0n) is 17.7. The Hall–Kier alpha value is -3.81. The van der Waals surface area contributed by atoms with Crippen LogP contribution in [0, 0.1) is 5.82 Å². The average molecular weight is 433 g/mol. The van der Waals surface area contributed by atoms with Crippen molar-refractivity contribution in [2.24, 2.45) is 0 Å². The number of halogens is 1. The number of rotatable bonds is 7. The summed E-state index contributed by atoms with van der Waals surface area (Å²) in [6, 6.07) is 14.4. The van der Waals surface area contributed by atoms with Crippen molar-refractivity contribution < 1.29 is 14.0 Å². The van der Waals surface area contributed by atoms with E-state index < -0.39 is 11.8 Å². The lowest BCUT2D eigenvalue weighted by Crippen LogP contribution is -2.39. The molecule has 0 saturated heterocycles. The number of hydrogen-bond donors (Lipinski definition) is 2. The summed E-state index contributed by atoms with van der Waals surface area (Å²) < 4.78 is 13.0. The quantitative estimate of drug-likeness (QED) is 0.598. The van der Waals surface area contributed by atoms with Crippen LogP contribution in [0.4, 0.5) is 10.1 Å². The molecular formula is C24H24FN5O2. The Morgan fingerprint density at radius 3 is 2.38 bits per heavy atom. The number of nitrogens with one attached hydrogen (secondary N) is 2. The van der Waals surface area contributed by atoms with Crippen molar-refractivity contribution in [2.75, 3.05) is 18.0 Å². The van der Waals surface area contributed by atoms with Gasteiger partial charge in [-0.3, -0.25) is 9.59 Å². The van der Waals surface area contributed by atoms with Gasteiger partial charge in [-0.05, 0) is 42.7 Å². The van der Waals surface area contributed by atoms with E-state index in [1.165, 1.54) is 35.8 Å². The first-order chi connectivity index (χ1) is 15.5. The van der Waals surface area contributed by atoms with Gasteiger partial charge in [0.25, 0.3) is 11.8 Å². The van der Waals surface area contributed by atoms with Crippen LogP contribution in [0.3, 0.4) is 0 Å². The number of aromatic nitrogens is 2. The highest BCUT2D eigenvalue weighted by atomic mass is 19.1. The van der Waals surface area contributed by atoms with Crippen LogP contribution in [0.1, 0.15) is 39.0 Å². The molecule has 32 heavy (non-hydrogen) atoms. The van der Waals surface area contributed by atoms with Gasteiger partial charge in [-0.25, -0.2) is 14.4 Å². The van der Waals surface area contributed by atoms with Gasteiger partial charge >= 0.3 is 0 Å². The van der Waals surface area contributed by atoms with Gasteiger partial charge < -0.3 is 15.5 Å². The van der Waals surface area contributed by atoms with Gasteiger partial charge in [-0.15, -0.1) is 0 Å². The van der Waals surface area contributed by atoms with E-state index in [4.69, 9.17) is 0 Å². The number of fused-ring (bicyclic) bond motifs is 1. The van der Waals surface area contributed by atoms with Crippen molar-refractivity contribution in [1.29, 1.82) is 0 Å². The van der Waals surface area contributed by atoms with Crippen molar-refractivity contribution in [3.8, 4) is 0 Å². The smallest absolute Gasteiger partial charge is 0.272 e. The number of para-hydroxylation sites is 1. The second-order valence-corrected chi connectivity index (χ2v) is 7.69. The van der Waals surface area contributed by atoms with Crippen molar-refractivity contribution in [1.82, 2.24) is 20.6 Å². The van der Waals surface area contributed by atoms with Crippen LogP contribution in [0.25, 0.3) is 0 Å². The summed E-state index contributed by atoms with van der Waals surface area (Å²) >= 11 is 0. The molecule has 3 aromatic rings. The van der Waals surface area contributed by atoms with E-state index >= 15 is 0 Å². The number of carbonyl (C=O) groups excluding carboxylic acids is 2. The maximum Gasteiger partial charge on any atom is 0.272 e. The zero-order chi connectivity index (χ0) is 22.5. The molecule has 0 aliphatic carbocycles. The Morgan fingerprint density at radius 1 is 1.00 bits per heavy atom. The first kappa shape index (κ1) is 21.4. The number of carbonyl (C=O) groups is 2. The maximum atomic E-state index is 13.0. The third-order valence-electron chi connectivity index (χ3n) is 5.48. The normalized spacial score (nSPS) is 14.7. The van der Waals surface area contributed by atoms with E-state index in [2.05, 4.69) is 44.6 Å². The largest absolute Gasteiger partial charge is 0.367 e. The van der Waals surface area contributed by atoms with Gasteiger partial charge in [0.1, 0.15) is 5.82 Å². The van der Waals surface area contributed by atoms with Gasteiger partial charge in [-0.1, -0.05) is 30.3 Å². The Morgan fingerprint density at radius 2 is 1.66 bits per heavy atom. The molecule has 1 aliphatic rings. The predicted octanol–water partition coefficient (Wildman–Crippen LogP) is 2.73. The highest BCUT2D eigenvalue weighted by molar-refractivity contribution is 6.04. The minimum absolute atomic E-state index is 0.0287. The molecule has 1 aromatic heterocycles. The average Bonchev–Trinajstić information content (AvgIpc) is 3.13. The zero-order valence-corrected chi connectivity index (χ0v) is 17.7. The van der Waals surface area contributed by atoms with E-state index in [1.807, 2.05) is 12.1 Å². The SMILES string of the molecule is CC1Cc2ccccc2N1CCNC(=O)c1nccnc1C(=O)NCc1ccc(F)cc1. The van der Waals surface area contributed by atoms with Crippen LogP contribution in [-0.4, -0.2) is 40.9 Å². The second kappa shape index (κ2) is 9.55. The topological polar surface area (TPSA) is 87.2 Å². The van der Waals surface area contributed by atoms with E-state index in [-0.39, 0.29) is 23.7 Å². The van der Waals surface area contributed by atoms with E-state index in [1.54, 1.807) is 12.1 Å². The molecule has 4 rings (SSSR count). The highest BCUT2D eigenvalue weighted by Gasteiger charge is 2.25.